The van der Waals surface area contributed by atoms with Crippen molar-refractivity contribution in [2.24, 2.45) is 0 Å². The van der Waals surface area contributed by atoms with Gasteiger partial charge in [0.15, 0.2) is 5.82 Å². The van der Waals surface area contributed by atoms with E-state index < -0.39 is 0 Å². The van der Waals surface area contributed by atoms with Crippen LogP contribution in [0.5, 0.6) is 5.75 Å². The molecule has 1 saturated heterocycles. The van der Waals surface area contributed by atoms with Crippen molar-refractivity contribution in [1.29, 1.82) is 0 Å². The molecule has 1 aliphatic rings. The number of carbonyl (C=O) groups excluding carboxylic acids is 1. The number of rotatable bonds is 6. The molecule has 10 heteroatoms. The minimum Gasteiger partial charge on any atom is -0.496 e. The average molecular weight is 447 g/mol. The zero-order valence-electron chi connectivity index (χ0n) is 18.7. The van der Waals surface area contributed by atoms with Crippen LogP contribution in [0.15, 0.2) is 54.9 Å². The van der Waals surface area contributed by atoms with Crippen molar-refractivity contribution < 1.29 is 9.53 Å². The lowest BCUT2D eigenvalue weighted by atomic mass is 10.1. The van der Waals surface area contributed by atoms with E-state index in [2.05, 4.69) is 32.4 Å². The highest BCUT2D eigenvalue weighted by Gasteiger charge is 2.19. The molecule has 4 aromatic rings. The molecule has 3 aromatic heterocycles. The number of benzene rings is 1. The molecule has 1 aromatic carbocycles. The van der Waals surface area contributed by atoms with Crippen molar-refractivity contribution in [3.63, 3.8) is 0 Å². The van der Waals surface area contributed by atoms with E-state index in [1.54, 1.807) is 24.2 Å². The van der Waals surface area contributed by atoms with Gasteiger partial charge in [-0.15, -0.1) is 5.10 Å². The summed E-state index contributed by atoms with van der Waals surface area (Å²) < 4.78 is 8.97. The highest BCUT2D eigenvalue weighted by atomic mass is 16.5. The van der Waals surface area contributed by atoms with Crippen LogP contribution in [0.1, 0.15) is 0 Å². The lowest BCUT2D eigenvalue weighted by molar-refractivity contribution is -0.133. The Bertz CT molecular complexity index is 1270. The first-order valence-electron chi connectivity index (χ1n) is 10.9. The lowest BCUT2D eigenvalue weighted by Crippen LogP contribution is -2.48. The first kappa shape index (κ1) is 21.0. The van der Waals surface area contributed by atoms with Crippen molar-refractivity contribution in [3.8, 4) is 17.0 Å². The van der Waals surface area contributed by atoms with Gasteiger partial charge in [-0.3, -0.25) is 9.48 Å². The van der Waals surface area contributed by atoms with Gasteiger partial charge in [0, 0.05) is 44.0 Å². The molecule has 10 nitrogen and oxygen atoms in total. The first-order chi connectivity index (χ1) is 16.1. The van der Waals surface area contributed by atoms with E-state index in [1.807, 2.05) is 51.9 Å². The summed E-state index contributed by atoms with van der Waals surface area (Å²) in [6, 6.07) is 13.6. The van der Waals surface area contributed by atoms with Gasteiger partial charge in [0.25, 0.3) is 0 Å². The van der Waals surface area contributed by atoms with Gasteiger partial charge >= 0.3 is 0 Å². The van der Waals surface area contributed by atoms with Crippen LogP contribution in [-0.4, -0.2) is 80.4 Å². The predicted octanol–water partition coefficient (Wildman–Crippen LogP) is 2.12. The van der Waals surface area contributed by atoms with Gasteiger partial charge in [-0.1, -0.05) is 12.1 Å². The molecule has 0 unspecified atom stereocenters. The number of nitrogens with zero attached hydrogens (tertiary/aromatic N) is 7. The van der Waals surface area contributed by atoms with Crippen LogP contribution in [0.3, 0.4) is 0 Å². The summed E-state index contributed by atoms with van der Waals surface area (Å²) >= 11 is 0. The number of amides is 1. The number of aromatic nitrogens is 5. The molecule has 0 atom stereocenters. The number of nitrogens with one attached hydrogen (secondary N) is 1. The Balaban J connectivity index is 1.32. The average Bonchev–Trinajstić information content (AvgIpc) is 3.46. The maximum atomic E-state index is 12.6. The molecule has 1 aliphatic heterocycles. The van der Waals surface area contributed by atoms with Crippen molar-refractivity contribution in [2.75, 3.05) is 45.7 Å². The Hall–Kier alpha value is -3.92. The van der Waals surface area contributed by atoms with Crippen LogP contribution in [-0.2, 0) is 11.3 Å². The summed E-state index contributed by atoms with van der Waals surface area (Å²) in [4.78, 5) is 21.1. The molecule has 0 radical (unpaired) electrons. The summed E-state index contributed by atoms with van der Waals surface area (Å²) in [5.74, 6) is 1.83. The maximum absolute atomic E-state index is 12.6. The van der Waals surface area contributed by atoms with Crippen LogP contribution >= 0.6 is 0 Å². The van der Waals surface area contributed by atoms with Gasteiger partial charge in [0.1, 0.15) is 12.3 Å². The second-order valence-electron chi connectivity index (χ2n) is 8.04. The number of piperazine rings is 1. The molecule has 0 spiro atoms. The van der Waals surface area contributed by atoms with E-state index in [9.17, 15) is 4.79 Å². The zero-order chi connectivity index (χ0) is 22.8. The summed E-state index contributed by atoms with van der Waals surface area (Å²) in [7, 11) is 3.72. The van der Waals surface area contributed by atoms with Crippen molar-refractivity contribution in [2.45, 2.75) is 6.54 Å². The Morgan fingerprint density at radius 2 is 1.88 bits per heavy atom. The molecular formula is C23H26N8O2. The van der Waals surface area contributed by atoms with Gasteiger partial charge in [-0.2, -0.15) is 5.10 Å². The van der Waals surface area contributed by atoms with Gasteiger partial charge in [-0.25, -0.2) is 9.50 Å². The maximum Gasteiger partial charge on any atom is 0.246 e. The standard InChI is InChI=1S/C23H26N8O2/c1-28-11-13-29(14-12-28)22(32)16-30-10-9-21(26-30)25-23-24-15-17-7-8-19(31(17)27-23)18-5-3-4-6-20(18)33-2/h3-10,15H,11-14,16H2,1-2H3,(H,25,26,27). The third kappa shape index (κ3) is 4.37. The van der Waals surface area contributed by atoms with E-state index >= 15 is 0 Å². The Labute approximate surface area is 191 Å². The molecular weight excluding hydrogens is 420 g/mol. The highest BCUT2D eigenvalue weighted by Crippen LogP contribution is 2.30. The summed E-state index contributed by atoms with van der Waals surface area (Å²) in [5.41, 5.74) is 2.71. The Kier molecular flexibility index (Phi) is 5.66. The normalized spacial score (nSPS) is 14.5. The fourth-order valence-electron chi connectivity index (χ4n) is 3.94. The number of carbonyl (C=O) groups is 1. The number of para-hydroxylation sites is 1. The summed E-state index contributed by atoms with van der Waals surface area (Å²) in [6.45, 7) is 3.50. The zero-order valence-corrected chi connectivity index (χ0v) is 18.7. The SMILES string of the molecule is COc1ccccc1-c1ccc2cnc(Nc3ccn(CC(=O)N4CCN(C)CC4)n3)nn12. The lowest BCUT2D eigenvalue weighted by Gasteiger charge is -2.32. The number of hydrogen-bond donors (Lipinski definition) is 1. The van der Waals surface area contributed by atoms with Crippen LogP contribution < -0.4 is 10.1 Å². The highest BCUT2D eigenvalue weighted by molar-refractivity contribution is 5.76. The molecule has 0 aliphatic carbocycles. The predicted molar refractivity (Wildman–Crippen MR) is 125 cm³/mol. The monoisotopic (exact) mass is 446 g/mol. The fraction of sp³-hybridized carbons (Fsp3) is 0.304. The first-order valence-corrected chi connectivity index (χ1v) is 10.9. The van der Waals surface area contributed by atoms with E-state index in [1.165, 1.54) is 0 Å². The third-order valence-corrected chi connectivity index (χ3v) is 5.82. The molecule has 1 fully saturated rings. The number of hydrogen-bond acceptors (Lipinski definition) is 7. The van der Waals surface area contributed by atoms with E-state index in [0.717, 1.165) is 48.7 Å². The number of ether oxygens (including phenoxy) is 1. The number of fused-ring (bicyclic) bond motifs is 1. The van der Waals surface area contributed by atoms with Gasteiger partial charge < -0.3 is 19.9 Å². The van der Waals surface area contributed by atoms with Crippen LogP contribution in [0.2, 0.25) is 0 Å². The minimum atomic E-state index is 0.0733. The summed E-state index contributed by atoms with van der Waals surface area (Å²) in [6.07, 6.45) is 3.53. The number of methoxy groups -OCH3 is 1. The minimum absolute atomic E-state index is 0.0733. The molecule has 0 saturated carbocycles. The van der Waals surface area contributed by atoms with E-state index in [-0.39, 0.29) is 12.5 Å². The van der Waals surface area contributed by atoms with Gasteiger partial charge in [-0.05, 0) is 31.3 Å². The molecule has 170 valence electrons. The van der Waals surface area contributed by atoms with Gasteiger partial charge in [0.2, 0.25) is 11.9 Å². The number of likely N-dealkylation sites (N-methyl/N-ethyl adjacent to an activating group) is 1. The second-order valence-corrected chi connectivity index (χ2v) is 8.04. The third-order valence-electron chi connectivity index (χ3n) is 5.82. The van der Waals surface area contributed by atoms with Gasteiger partial charge in [0.05, 0.1) is 24.5 Å². The molecule has 1 amide bonds. The van der Waals surface area contributed by atoms with E-state index in [0.29, 0.717) is 11.8 Å². The Morgan fingerprint density at radius 3 is 2.70 bits per heavy atom. The number of anilines is 2. The molecule has 33 heavy (non-hydrogen) atoms. The van der Waals surface area contributed by atoms with Crippen LogP contribution in [0.25, 0.3) is 16.8 Å². The van der Waals surface area contributed by atoms with Crippen LogP contribution in [0, 0.1) is 0 Å². The quantitative estimate of drug-likeness (QED) is 0.485. The van der Waals surface area contributed by atoms with Crippen molar-refractivity contribution in [1.82, 2.24) is 34.2 Å². The molecule has 1 N–H and O–H groups in total. The van der Waals surface area contributed by atoms with Crippen LogP contribution in [0.4, 0.5) is 11.8 Å². The fourth-order valence-corrected chi connectivity index (χ4v) is 3.94. The molecule has 0 bridgehead atoms. The Morgan fingerprint density at radius 1 is 1.06 bits per heavy atom. The molecule has 5 rings (SSSR count). The largest absolute Gasteiger partial charge is 0.496 e. The topological polar surface area (TPSA) is 92.8 Å². The van der Waals surface area contributed by atoms with Crippen molar-refractivity contribution in [3.05, 3.63) is 54.9 Å². The second kappa shape index (κ2) is 8.91. The smallest absolute Gasteiger partial charge is 0.246 e. The summed E-state index contributed by atoms with van der Waals surface area (Å²) in [5, 5.41) is 12.2. The molecule has 4 heterocycles. The van der Waals surface area contributed by atoms with E-state index in [4.69, 9.17) is 4.74 Å². The van der Waals surface area contributed by atoms with Crippen molar-refractivity contribution >= 4 is 23.2 Å².